The molecule has 0 radical (unpaired) electrons. The molecule has 1 atom stereocenters. The van der Waals surface area contributed by atoms with Crippen molar-refractivity contribution in [2.75, 3.05) is 18.4 Å². The van der Waals surface area contributed by atoms with Gasteiger partial charge in [-0.3, -0.25) is 4.90 Å². The van der Waals surface area contributed by atoms with E-state index in [9.17, 15) is 9.18 Å². The maximum atomic E-state index is 13.3. The van der Waals surface area contributed by atoms with Gasteiger partial charge in [-0.25, -0.2) is 14.2 Å². The summed E-state index contributed by atoms with van der Waals surface area (Å²) >= 11 is 6.25. The van der Waals surface area contributed by atoms with Gasteiger partial charge in [0.2, 0.25) is 0 Å². The van der Waals surface area contributed by atoms with Crippen molar-refractivity contribution in [3.8, 4) is 0 Å². The second-order valence-corrected chi connectivity index (χ2v) is 6.67. The van der Waals surface area contributed by atoms with Crippen molar-refractivity contribution in [1.82, 2.24) is 9.88 Å². The fraction of sp³-hybridized carbons (Fsp3) is 0.263. The van der Waals surface area contributed by atoms with Crippen molar-refractivity contribution in [3.63, 3.8) is 0 Å². The molecule has 0 bridgehead atoms. The monoisotopic (exact) mass is 375 g/mol. The van der Waals surface area contributed by atoms with Crippen molar-refractivity contribution in [2.45, 2.75) is 19.0 Å². The van der Waals surface area contributed by atoms with Gasteiger partial charge in [0.25, 0.3) is 0 Å². The van der Waals surface area contributed by atoms with Gasteiger partial charge in [-0.2, -0.15) is 0 Å². The van der Waals surface area contributed by atoms with Crippen LogP contribution in [0.1, 0.15) is 17.5 Å². The largest absolute Gasteiger partial charge is 0.478 e. The number of aromatic nitrogens is 1. The average Bonchev–Trinajstić information content (AvgIpc) is 3.02. The first kappa shape index (κ1) is 18.4. The molecule has 1 aliphatic heterocycles. The van der Waals surface area contributed by atoms with Crippen LogP contribution in [-0.2, 0) is 11.3 Å². The molecule has 7 heteroatoms. The van der Waals surface area contributed by atoms with E-state index in [0.717, 1.165) is 31.1 Å². The van der Waals surface area contributed by atoms with E-state index in [-0.39, 0.29) is 11.9 Å². The first-order valence-electron chi connectivity index (χ1n) is 8.29. The lowest BCUT2D eigenvalue weighted by molar-refractivity contribution is -0.131. The second kappa shape index (κ2) is 8.29. The van der Waals surface area contributed by atoms with E-state index < -0.39 is 5.97 Å². The molecule has 0 amide bonds. The molecule has 0 saturated carbocycles. The van der Waals surface area contributed by atoms with Crippen LogP contribution in [-0.4, -0.2) is 40.1 Å². The topological polar surface area (TPSA) is 65.5 Å². The van der Waals surface area contributed by atoms with E-state index in [1.54, 1.807) is 24.4 Å². The second-order valence-electron chi connectivity index (χ2n) is 6.27. The highest BCUT2D eigenvalue weighted by Gasteiger charge is 2.23. The minimum Gasteiger partial charge on any atom is -0.478 e. The molecule has 2 aromatic rings. The van der Waals surface area contributed by atoms with Crippen molar-refractivity contribution >= 4 is 29.5 Å². The number of nitrogens with one attached hydrogen (secondary N) is 1. The van der Waals surface area contributed by atoms with Crippen LogP contribution in [0.5, 0.6) is 0 Å². The van der Waals surface area contributed by atoms with E-state index in [1.807, 2.05) is 6.07 Å². The number of carboxylic acids is 1. The third kappa shape index (κ3) is 5.03. The Balaban J connectivity index is 1.57. The number of likely N-dealkylation sites (tertiary alicyclic amines) is 1. The minimum atomic E-state index is -1.02. The molecular formula is C19H19ClFN3O2. The summed E-state index contributed by atoms with van der Waals surface area (Å²) in [4.78, 5) is 17.1. The molecule has 1 aliphatic rings. The zero-order valence-corrected chi connectivity index (χ0v) is 14.8. The number of rotatable bonds is 6. The number of hydrogen-bond acceptors (Lipinski definition) is 4. The Morgan fingerprint density at radius 3 is 3.04 bits per heavy atom. The number of aliphatic carboxylic acids is 1. The number of carbonyl (C=O) groups is 1. The molecule has 0 aliphatic carbocycles. The Bertz CT molecular complexity index is 828. The van der Waals surface area contributed by atoms with Gasteiger partial charge in [0.05, 0.1) is 5.02 Å². The summed E-state index contributed by atoms with van der Waals surface area (Å²) in [5.41, 5.74) is 1.58. The van der Waals surface area contributed by atoms with Crippen LogP contribution in [0.15, 0.2) is 42.6 Å². The number of pyridine rings is 1. The smallest absolute Gasteiger partial charge is 0.328 e. The van der Waals surface area contributed by atoms with Crippen LogP contribution in [0.2, 0.25) is 5.02 Å². The molecular weight excluding hydrogens is 357 g/mol. The number of nitrogens with zero attached hydrogens (tertiary/aromatic N) is 2. The van der Waals surface area contributed by atoms with Gasteiger partial charge in [-0.1, -0.05) is 23.7 Å². The molecule has 2 N–H and O–H groups in total. The fourth-order valence-corrected chi connectivity index (χ4v) is 3.23. The minimum absolute atomic E-state index is 0.203. The lowest BCUT2D eigenvalue weighted by Gasteiger charge is -2.17. The van der Waals surface area contributed by atoms with E-state index in [1.165, 1.54) is 12.1 Å². The number of anilines is 1. The van der Waals surface area contributed by atoms with Crippen molar-refractivity contribution in [1.29, 1.82) is 0 Å². The van der Waals surface area contributed by atoms with Crippen LogP contribution in [0.4, 0.5) is 10.2 Å². The highest BCUT2D eigenvalue weighted by molar-refractivity contribution is 6.33. The average molecular weight is 376 g/mol. The highest BCUT2D eigenvalue weighted by atomic mass is 35.5. The van der Waals surface area contributed by atoms with E-state index in [4.69, 9.17) is 16.7 Å². The summed E-state index contributed by atoms with van der Waals surface area (Å²) < 4.78 is 13.3. The number of benzene rings is 1. The van der Waals surface area contributed by atoms with Gasteiger partial charge in [-0.15, -0.1) is 0 Å². The van der Waals surface area contributed by atoms with Gasteiger partial charge < -0.3 is 10.4 Å². The van der Waals surface area contributed by atoms with E-state index >= 15 is 0 Å². The predicted molar refractivity (Wildman–Crippen MR) is 99.6 cm³/mol. The van der Waals surface area contributed by atoms with Gasteiger partial charge in [-0.05, 0) is 41.8 Å². The maximum absolute atomic E-state index is 13.3. The van der Waals surface area contributed by atoms with Gasteiger partial charge in [0.1, 0.15) is 11.6 Å². The Kier molecular flexibility index (Phi) is 5.85. The third-order valence-corrected chi connectivity index (χ3v) is 4.48. The Hall–Kier alpha value is -2.44. The standard InChI is InChI=1S/C19H19ClFN3O2/c20-17-9-13(4-5-18(25)26)10-22-19(17)23-16-6-7-24(12-16)11-14-2-1-3-15(21)8-14/h1-5,8-10,16H,6-7,11-12H2,(H,22,23)(H,25,26)/b5-4+/t16-/m1/s1. The summed E-state index contributed by atoms with van der Waals surface area (Å²) in [6.45, 7) is 2.43. The number of halogens is 2. The normalized spacial score (nSPS) is 17.7. The quantitative estimate of drug-likeness (QED) is 0.754. The molecule has 1 aromatic carbocycles. The Labute approximate surface area is 156 Å². The first-order chi connectivity index (χ1) is 12.5. The first-order valence-corrected chi connectivity index (χ1v) is 8.67. The highest BCUT2D eigenvalue weighted by Crippen LogP contribution is 2.24. The van der Waals surface area contributed by atoms with Gasteiger partial charge >= 0.3 is 5.97 Å². The number of carboxylic acid groups (broad SMARTS) is 1. The molecule has 1 fully saturated rings. The molecule has 1 saturated heterocycles. The van der Waals surface area contributed by atoms with Crippen LogP contribution in [0.3, 0.4) is 0 Å². The molecule has 0 unspecified atom stereocenters. The van der Waals surface area contributed by atoms with E-state index in [2.05, 4.69) is 15.2 Å². The van der Waals surface area contributed by atoms with Crippen LogP contribution < -0.4 is 5.32 Å². The summed E-state index contributed by atoms with van der Waals surface area (Å²) in [6.07, 6.45) is 5.00. The zero-order valence-electron chi connectivity index (χ0n) is 14.0. The van der Waals surface area contributed by atoms with Crippen LogP contribution >= 0.6 is 11.6 Å². The summed E-state index contributed by atoms with van der Waals surface area (Å²) in [6, 6.07) is 8.53. The lowest BCUT2D eigenvalue weighted by atomic mass is 10.2. The number of hydrogen-bond donors (Lipinski definition) is 2. The fourth-order valence-electron chi connectivity index (χ4n) is 3.00. The third-order valence-electron chi connectivity index (χ3n) is 4.19. The Morgan fingerprint density at radius 2 is 2.31 bits per heavy atom. The SMILES string of the molecule is O=C(O)/C=C/c1cnc(N[C@@H]2CCN(Cc3cccc(F)c3)C2)c(Cl)c1. The predicted octanol–water partition coefficient (Wildman–Crippen LogP) is 3.66. The van der Waals surface area contributed by atoms with Gasteiger partial charge in [0.15, 0.2) is 0 Å². The van der Waals surface area contributed by atoms with Gasteiger partial charge in [0, 0.05) is 37.9 Å². The molecule has 26 heavy (non-hydrogen) atoms. The zero-order chi connectivity index (χ0) is 18.5. The summed E-state index contributed by atoms with van der Waals surface area (Å²) in [5, 5.41) is 12.4. The van der Waals surface area contributed by atoms with Crippen molar-refractivity contribution in [2.24, 2.45) is 0 Å². The maximum Gasteiger partial charge on any atom is 0.328 e. The molecule has 136 valence electrons. The summed E-state index contributed by atoms with van der Waals surface area (Å²) in [5.74, 6) is -0.659. The van der Waals surface area contributed by atoms with Crippen LogP contribution in [0, 0.1) is 5.82 Å². The van der Waals surface area contributed by atoms with Crippen molar-refractivity contribution in [3.05, 3.63) is 64.6 Å². The molecule has 3 rings (SSSR count). The molecule has 1 aromatic heterocycles. The Morgan fingerprint density at radius 1 is 1.46 bits per heavy atom. The molecule has 5 nitrogen and oxygen atoms in total. The van der Waals surface area contributed by atoms with Crippen LogP contribution in [0.25, 0.3) is 6.08 Å². The summed E-state index contributed by atoms with van der Waals surface area (Å²) in [7, 11) is 0. The lowest BCUT2D eigenvalue weighted by Crippen LogP contribution is -2.26. The molecule has 0 spiro atoms. The van der Waals surface area contributed by atoms with E-state index in [0.29, 0.717) is 22.9 Å². The molecule has 2 heterocycles. The van der Waals surface area contributed by atoms with Crippen molar-refractivity contribution < 1.29 is 14.3 Å².